The Kier molecular flexibility index (Phi) is 3.97. The molecule has 0 aliphatic rings. The molecule has 0 aliphatic carbocycles. The van der Waals surface area contributed by atoms with Crippen molar-refractivity contribution in [2.24, 2.45) is 0 Å². The van der Waals surface area contributed by atoms with Gasteiger partial charge in [0.05, 0.1) is 16.3 Å². The van der Waals surface area contributed by atoms with E-state index in [1.807, 2.05) is 35.7 Å². The van der Waals surface area contributed by atoms with E-state index in [-0.39, 0.29) is 5.69 Å². The summed E-state index contributed by atoms with van der Waals surface area (Å²) < 4.78 is 0. The van der Waals surface area contributed by atoms with Crippen molar-refractivity contribution in [2.45, 2.75) is 0 Å². The number of rotatable bonds is 5. The molecular weight excluding hydrogens is 300 g/mol. The van der Waals surface area contributed by atoms with Gasteiger partial charge in [0.15, 0.2) is 0 Å². The van der Waals surface area contributed by atoms with Crippen molar-refractivity contribution in [3.05, 3.63) is 70.1 Å². The number of nitro groups is 1. The number of hydrogen-bond acceptors (Lipinski definition) is 6. The summed E-state index contributed by atoms with van der Waals surface area (Å²) in [5, 5.41) is 13.4. The van der Waals surface area contributed by atoms with Crippen molar-refractivity contribution in [2.75, 3.05) is 10.9 Å². The minimum Gasteiger partial charge on any atom is -0.299 e. The van der Waals surface area contributed by atoms with Gasteiger partial charge in [-0.25, -0.2) is 4.98 Å². The maximum absolute atomic E-state index is 10.8. The monoisotopic (exact) mass is 312 g/mol. The Labute approximate surface area is 130 Å². The molecule has 2 N–H and O–H groups in total. The van der Waals surface area contributed by atoms with Crippen LogP contribution in [0, 0.1) is 10.1 Å². The molecule has 0 spiro atoms. The van der Waals surface area contributed by atoms with Crippen LogP contribution >= 0.6 is 11.3 Å². The third-order valence-corrected chi connectivity index (χ3v) is 3.70. The molecule has 0 saturated carbocycles. The molecule has 0 atom stereocenters. The normalized spacial score (nSPS) is 10.2. The molecule has 0 radical (unpaired) electrons. The number of nitrogens with zero attached hydrogens (tertiary/aromatic N) is 2. The van der Waals surface area contributed by atoms with E-state index < -0.39 is 4.92 Å². The molecule has 1 heterocycles. The molecule has 0 saturated heterocycles. The first kappa shape index (κ1) is 14.0. The number of para-hydroxylation sites is 1. The number of non-ortho nitro benzene ring substituents is 1. The molecule has 3 rings (SSSR count). The first-order chi connectivity index (χ1) is 10.7. The van der Waals surface area contributed by atoms with Gasteiger partial charge in [0.2, 0.25) is 5.13 Å². The largest absolute Gasteiger partial charge is 0.299 e. The van der Waals surface area contributed by atoms with Gasteiger partial charge in [-0.3, -0.25) is 21.0 Å². The fourth-order valence-corrected chi connectivity index (χ4v) is 2.56. The second-order valence-electron chi connectivity index (χ2n) is 4.46. The number of hydrogen-bond donors (Lipinski definition) is 2. The Morgan fingerprint density at radius 3 is 2.64 bits per heavy atom. The lowest BCUT2D eigenvalue weighted by molar-refractivity contribution is -0.384. The van der Waals surface area contributed by atoms with Crippen LogP contribution < -0.4 is 10.9 Å². The minimum absolute atomic E-state index is 0.0578. The van der Waals surface area contributed by atoms with Gasteiger partial charge in [-0.1, -0.05) is 30.3 Å². The molecule has 0 bridgehead atoms. The van der Waals surface area contributed by atoms with Gasteiger partial charge < -0.3 is 0 Å². The highest BCUT2D eigenvalue weighted by molar-refractivity contribution is 7.14. The van der Waals surface area contributed by atoms with Crippen molar-refractivity contribution < 1.29 is 4.92 Å². The highest BCUT2D eigenvalue weighted by Crippen LogP contribution is 2.27. The van der Waals surface area contributed by atoms with Crippen molar-refractivity contribution >= 4 is 27.8 Å². The number of thiazole rings is 1. The van der Waals surface area contributed by atoms with Gasteiger partial charge in [-0.05, 0) is 12.1 Å². The Morgan fingerprint density at radius 1 is 1.05 bits per heavy atom. The Bertz CT molecular complexity index is 789. The lowest BCUT2D eigenvalue weighted by Crippen LogP contribution is -2.07. The van der Waals surface area contributed by atoms with Crippen LogP contribution in [0.2, 0.25) is 0 Å². The number of nitrogens with one attached hydrogen (secondary N) is 2. The van der Waals surface area contributed by atoms with Gasteiger partial charge in [0, 0.05) is 23.1 Å². The van der Waals surface area contributed by atoms with Crippen LogP contribution in [0.4, 0.5) is 16.5 Å². The third-order valence-electron chi connectivity index (χ3n) is 2.94. The molecule has 0 fully saturated rings. The molecule has 3 aromatic rings. The Hall–Kier alpha value is -2.93. The van der Waals surface area contributed by atoms with Gasteiger partial charge in [0.1, 0.15) is 0 Å². The summed E-state index contributed by atoms with van der Waals surface area (Å²) >= 11 is 1.42. The molecule has 22 heavy (non-hydrogen) atoms. The SMILES string of the molecule is O=[N+]([O-])c1cccc(-c2csc(NNc3ccccc3)n2)c1. The molecule has 0 unspecified atom stereocenters. The number of anilines is 2. The molecule has 0 aliphatic heterocycles. The van der Waals surface area contributed by atoms with Crippen LogP contribution in [0.25, 0.3) is 11.3 Å². The highest BCUT2D eigenvalue weighted by Gasteiger charge is 2.09. The fourth-order valence-electron chi connectivity index (χ4n) is 1.89. The van der Waals surface area contributed by atoms with E-state index in [1.54, 1.807) is 12.1 Å². The lowest BCUT2D eigenvalue weighted by atomic mass is 10.1. The predicted molar refractivity (Wildman–Crippen MR) is 87.9 cm³/mol. The number of benzene rings is 2. The van der Waals surface area contributed by atoms with Crippen molar-refractivity contribution in [1.82, 2.24) is 4.98 Å². The third kappa shape index (κ3) is 3.21. The van der Waals surface area contributed by atoms with Crippen molar-refractivity contribution in [3.8, 4) is 11.3 Å². The van der Waals surface area contributed by atoms with Crippen molar-refractivity contribution in [3.63, 3.8) is 0 Å². The molecule has 110 valence electrons. The molecule has 1 aromatic heterocycles. The Balaban J connectivity index is 1.73. The van der Waals surface area contributed by atoms with Crippen LogP contribution in [0.1, 0.15) is 0 Å². The maximum atomic E-state index is 10.8. The van der Waals surface area contributed by atoms with E-state index >= 15 is 0 Å². The van der Waals surface area contributed by atoms with E-state index in [9.17, 15) is 10.1 Å². The highest BCUT2D eigenvalue weighted by atomic mass is 32.1. The van der Waals surface area contributed by atoms with Crippen LogP contribution in [0.15, 0.2) is 60.0 Å². The molecule has 6 nitrogen and oxygen atoms in total. The van der Waals surface area contributed by atoms with Gasteiger partial charge in [-0.2, -0.15) is 0 Å². The zero-order valence-electron chi connectivity index (χ0n) is 11.4. The number of hydrazine groups is 1. The average Bonchev–Trinajstić information content (AvgIpc) is 3.03. The second kappa shape index (κ2) is 6.23. The van der Waals surface area contributed by atoms with Crippen LogP contribution in [0.5, 0.6) is 0 Å². The first-order valence-corrected chi connectivity index (χ1v) is 7.38. The standard InChI is InChI=1S/C15H12N4O2S/c20-19(21)13-8-4-5-11(9-13)14-10-22-15(16-14)18-17-12-6-2-1-3-7-12/h1-10,17H,(H,16,18). The summed E-state index contributed by atoms with van der Waals surface area (Å²) in [5.74, 6) is 0. The van der Waals surface area contributed by atoms with Crippen LogP contribution in [0.3, 0.4) is 0 Å². The van der Waals surface area contributed by atoms with E-state index in [4.69, 9.17) is 0 Å². The van der Waals surface area contributed by atoms with E-state index in [0.29, 0.717) is 10.8 Å². The lowest BCUT2D eigenvalue weighted by Gasteiger charge is -2.05. The van der Waals surface area contributed by atoms with Gasteiger partial charge in [-0.15, -0.1) is 11.3 Å². The summed E-state index contributed by atoms with van der Waals surface area (Å²) in [7, 11) is 0. The molecule has 7 heteroatoms. The van der Waals surface area contributed by atoms with Crippen molar-refractivity contribution in [1.29, 1.82) is 0 Å². The summed E-state index contributed by atoms with van der Waals surface area (Å²) in [6.07, 6.45) is 0. The van der Waals surface area contributed by atoms with Crippen LogP contribution in [-0.4, -0.2) is 9.91 Å². The zero-order valence-corrected chi connectivity index (χ0v) is 12.2. The first-order valence-electron chi connectivity index (χ1n) is 6.50. The topological polar surface area (TPSA) is 80.1 Å². The predicted octanol–water partition coefficient (Wildman–Crippen LogP) is 4.16. The van der Waals surface area contributed by atoms with Gasteiger partial charge in [0.25, 0.3) is 5.69 Å². The zero-order chi connectivity index (χ0) is 15.4. The average molecular weight is 312 g/mol. The Morgan fingerprint density at radius 2 is 1.86 bits per heavy atom. The van der Waals surface area contributed by atoms with E-state index in [1.165, 1.54) is 23.5 Å². The molecular formula is C15H12N4O2S. The summed E-state index contributed by atoms with van der Waals surface area (Å²) in [4.78, 5) is 14.8. The van der Waals surface area contributed by atoms with Crippen LogP contribution in [-0.2, 0) is 0 Å². The molecule has 2 aromatic carbocycles. The second-order valence-corrected chi connectivity index (χ2v) is 5.32. The quantitative estimate of drug-likeness (QED) is 0.546. The van der Waals surface area contributed by atoms with Gasteiger partial charge >= 0.3 is 0 Å². The summed E-state index contributed by atoms with van der Waals surface area (Å²) in [5.41, 5.74) is 8.46. The number of aromatic nitrogens is 1. The number of nitro benzene ring substituents is 1. The smallest absolute Gasteiger partial charge is 0.270 e. The van der Waals surface area contributed by atoms with E-state index in [2.05, 4.69) is 15.8 Å². The summed E-state index contributed by atoms with van der Waals surface area (Å²) in [6.45, 7) is 0. The summed E-state index contributed by atoms with van der Waals surface area (Å²) in [6, 6.07) is 16.1. The molecule has 0 amide bonds. The van der Waals surface area contributed by atoms with E-state index in [0.717, 1.165) is 11.3 Å². The fraction of sp³-hybridized carbons (Fsp3) is 0. The minimum atomic E-state index is -0.411. The maximum Gasteiger partial charge on any atom is 0.270 e.